The van der Waals surface area contributed by atoms with Crippen molar-refractivity contribution in [3.63, 3.8) is 0 Å². The maximum atomic E-state index is 13.0. The van der Waals surface area contributed by atoms with Crippen LogP contribution >= 0.6 is 0 Å². The molecule has 0 saturated heterocycles. The van der Waals surface area contributed by atoms with E-state index in [1.54, 1.807) is 36.4 Å². The van der Waals surface area contributed by atoms with Crippen molar-refractivity contribution in [3.8, 4) is 17.2 Å². The van der Waals surface area contributed by atoms with Gasteiger partial charge in [0.15, 0.2) is 5.76 Å². The van der Waals surface area contributed by atoms with Crippen molar-refractivity contribution in [2.24, 2.45) is 0 Å². The zero-order valence-electron chi connectivity index (χ0n) is 15.9. The summed E-state index contributed by atoms with van der Waals surface area (Å²) in [7, 11) is 2.90. The molecule has 1 heterocycles. The number of methoxy groups -OCH3 is 2. The molecule has 2 aromatic rings. The van der Waals surface area contributed by atoms with Crippen LogP contribution in [0.4, 0.5) is 5.69 Å². The quantitative estimate of drug-likeness (QED) is 0.738. The third-order valence-electron chi connectivity index (χ3n) is 4.30. The molecule has 0 fully saturated rings. The van der Waals surface area contributed by atoms with Crippen molar-refractivity contribution in [3.05, 3.63) is 53.8 Å². The number of benzene rings is 2. The van der Waals surface area contributed by atoms with Crippen molar-refractivity contribution < 1.29 is 28.9 Å². The molecule has 3 rings (SSSR count). The van der Waals surface area contributed by atoms with Crippen LogP contribution in [0.5, 0.6) is 17.2 Å². The molecule has 7 nitrogen and oxygen atoms in total. The summed E-state index contributed by atoms with van der Waals surface area (Å²) in [6.45, 7) is 2.58. The maximum absolute atomic E-state index is 13.0. The Balaban J connectivity index is 1.97. The molecule has 0 aromatic heterocycles. The second-order valence-corrected chi connectivity index (χ2v) is 6.08. The molecule has 7 heteroatoms. The predicted octanol–water partition coefficient (Wildman–Crippen LogP) is 3.34. The minimum atomic E-state index is -0.821. The first-order valence-electron chi connectivity index (χ1n) is 8.79. The van der Waals surface area contributed by atoms with Gasteiger partial charge in [0, 0.05) is 6.07 Å². The van der Waals surface area contributed by atoms with E-state index in [0.29, 0.717) is 29.4 Å². The van der Waals surface area contributed by atoms with Crippen LogP contribution in [0.3, 0.4) is 0 Å². The van der Waals surface area contributed by atoms with Gasteiger partial charge in [0.2, 0.25) is 0 Å². The van der Waals surface area contributed by atoms with Crippen LogP contribution in [-0.4, -0.2) is 37.7 Å². The summed E-state index contributed by atoms with van der Waals surface area (Å²) in [5.74, 6) is -0.679. The predicted molar refractivity (Wildman–Crippen MR) is 104 cm³/mol. The summed E-state index contributed by atoms with van der Waals surface area (Å²) < 4.78 is 16.0. The van der Waals surface area contributed by atoms with Gasteiger partial charge in [0.25, 0.3) is 5.91 Å². The van der Waals surface area contributed by atoms with Gasteiger partial charge >= 0.3 is 5.91 Å². The zero-order valence-corrected chi connectivity index (χ0v) is 15.9. The number of ether oxygens (including phenoxy) is 3. The average Bonchev–Trinajstić information content (AvgIpc) is 2.94. The summed E-state index contributed by atoms with van der Waals surface area (Å²) >= 11 is 0. The Hall–Kier alpha value is -3.48. The fourth-order valence-electron chi connectivity index (χ4n) is 2.91. The summed E-state index contributed by atoms with van der Waals surface area (Å²) in [4.78, 5) is 26.5. The molecule has 146 valence electrons. The number of imide groups is 1. The van der Waals surface area contributed by atoms with Gasteiger partial charge in [-0.05, 0) is 36.2 Å². The van der Waals surface area contributed by atoms with Gasteiger partial charge in [-0.1, -0.05) is 19.1 Å². The van der Waals surface area contributed by atoms with Crippen LogP contribution in [0, 0.1) is 0 Å². The number of aliphatic hydroxyl groups excluding tert-OH is 1. The highest BCUT2D eigenvalue weighted by Crippen LogP contribution is 2.38. The largest absolute Gasteiger partial charge is 0.502 e. The topological polar surface area (TPSA) is 85.3 Å². The lowest BCUT2D eigenvalue weighted by atomic mass is 10.1. The number of carbonyl (C=O) groups is 2. The molecule has 1 N–H and O–H groups in total. The van der Waals surface area contributed by atoms with E-state index in [1.165, 1.54) is 20.3 Å². The molecule has 1 aliphatic heterocycles. The molecule has 2 aromatic carbocycles. The van der Waals surface area contributed by atoms with E-state index in [4.69, 9.17) is 14.2 Å². The van der Waals surface area contributed by atoms with Crippen LogP contribution in [0.1, 0.15) is 18.9 Å². The Bertz CT molecular complexity index is 932. The molecule has 0 radical (unpaired) electrons. The van der Waals surface area contributed by atoms with Crippen molar-refractivity contribution in [2.75, 3.05) is 25.7 Å². The number of aliphatic hydroxyl groups is 1. The summed E-state index contributed by atoms with van der Waals surface area (Å²) in [5, 5.41) is 10.4. The van der Waals surface area contributed by atoms with Crippen LogP contribution in [-0.2, 0) is 9.59 Å². The molecule has 0 atom stereocenters. The molecule has 28 heavy (non-hydrogen) atoms. The summed E-state index contributed by atoms with van der Waals surface area (Å²) in [5.41, 5.74) is 0.544. The minimum absolute atomic E-state index is 0.0723. The Morgan fingerprint density at radius 2 is 1.61 bits per heavy atom. The van der Waals surface area contributed by atoms with Crippen molar-refractivity contribution >= 4 is 23.1 Å². The Morgan fingerprint density at radius 1 is 0.929 bits per heavy atom. The molecule has 0 spiro atoms. The van der Waals surface area contributed by atoms with E-state index in [9.17, 15) is 14.7 Å². The Labute approximate surface area is 162 Å². The SMILES string of the molecule is CCCOc1ccc(C2=C(O)C(=O)N(c3cc(OC)ccc3OC)C2=O)cc1. The van der Waals surface area contributed by atoms with Crippen molar-refractivity contribution in [1.29, 1.82) is 0 Å². The molecule has 0 aliphatic carbocycles. The molecule has 2 amide bonds. The van der Waals surface area contributed by atoms with E-state index < -0.39 is 17.6 Å². The van der Waals surface area contributed by atoms with Gasteiger partial charge in [-0.2, -0.15) is 0 Å². The zero-order chi connectivity index (χ0) is 20.3. The molecule has 0 unspecified atom stereocenters. The van der Waals surface area contributed by atoms with Crippen molar-refractivity contribution in [1.82, 2.24) is 0 Å². The average molecular weight is 383 g/mol. The third kappa shape index (κ3) is 3.38. The standard InChI is InChI=1S/C21H21NO6/c1-4-11-28-14-7-5-13(6-8-14)18-19(23)21(25)22(20(18)24)16-12-15(26-2)9-10-17(16)27-3/h5-10,12,23H,4,11H2,1-3H3. The number of rotatable bonds is 7. The first kappa shape index (κ1) is 19.3. The highest BCUT2D eigenvalue weighted by Gasteiger charge is 2.41. The van der Waals surface area contributed by atoms with E-state index in [2.05, 4.69) is 0 Å². The van der Waals surface area contributed by atoms with Gasteiger partial charge in [-0.25, -0.2) is 4.90 Å². The number of carbonyl (C=O) groups excluding carboxylic acids is 2. The molecule has 0 saturated carbocycles. The first-order valence-corrected chi connectivity index (χ1v) is 8.79. The normalized spacial score (nSPS) is 13.9. The molecular weight excluding hydrogens is 362 g/mol. The fraction of sp³-hybridized carbons (Fsp3) is 0.238. The Kier molecular flexibility index (Phi) is 5.54. The number of hydrogen-bond acceptors (Lipinski definition) is 6. The van der Waals surface area contributed by atoms with E-state index >= 15 is 0 Å². The van der Waals surface area contributed by atoms with Crippen LogP contribution < -0.4 is 19.1 Å². The van der Waals surface area contributed by atoms with E-state index in [0.717, 1.165) is 11.3 Å². The number of hydrogen-bond donors (Lipinski definition) is 1. The highest BCUT2D eigenvalue weighted by atomic mass is 16.5. The van der Waals surface area contributed by atoms with Gasteiger partial charge in [-0.3, -0.25) is 9.59 Å². The monoisotopic (exact) mass is 383 g/mol. The van der Waals surface area contributed by atoms with Crippen LogP contribution in [0.15, 0.2) is 48.2 Å². The number of nitrogens with zero attached hydrogens (tertiary/aromatic N) is 1. The summed E-state index contributed by atoms with van der Waals surface area (Å²) in [6.07, 6.45) is 0.873. The molecular formula is C21H21NO6. The first-order chi connectivity index (χ1) is 13.5. The summed E-state index contributed by atoms with van der Waals surface area (Å²) in [6, 6.07) is 11.4. The van der Waals surface area contributed by atoms with E-state index in [-0.39, 0.29) is 11.3 Å². The Morgan fingerprint density at radius 3 is 2.21 bits per heavy atom. The lowest BCUT2D eigenvalue weighted by molar-refractivity contribution is -0.121. The molecule has 1 aliphatic rings. The van der Waals surface area contributed by atoms with Crippen LogP contribution in [0.25, 0.3) is 5.57 Å². The van der Waals surface area contributed by atoms with E-state index in [1.807, 2.05) is 6.92 Å². The third-order valence-corrected chi connectivity index (χ3v) is 4.30. The maximum Gasteiger partial charge on any atom is 0.301 e. The lowest BCUT2D eigenvalue weighted by Crippen LogP contribution is -2.31. The fourth-order valence-corrected chi connectivity index (χ4v) is 2.91. The highest BCUT2D eigenvalue weighted by molar-refractivity contribution is 6.45. The second kappa shape index (κ2) is 8.04. The minimum Gasteiger partial charge on any atom is -0.502 e. The van der Waals surface area contributed by atoms with Gasteiger partial charge < -0.3 is 19.3 Å². The van der Waals surface area contributed by atoms with Crippen LogP contribution in [0.2, 0.25) is 0 Å². The smallest absolute Gasteiger partial charge is 0.301 e. The second-order valence-electron chi connectivity index (χ2n) is 6.08. The van der Waals surface area contributed by atoms with Gasteiger partial charge in [0.05, 0.1) is 32.1 Å². The van der Waals surface area contributed by atoms with Crippen molar-refractivity contribution in [2.45, 2.75) is 13.3 Å². The molecule has 0 bridgehead atoms. The lowest BCUT2D eigenvalue weighted by Gasteiger charge is -2.18. The number of anilines is 1. The van der Waals surface area contributed by atoms with Gasteiger partial charge in [0.1, 0.15) is 17.2 Å². The van der Waals surface area contributed by atoms with Gasteiger partial charge in [-0.15, -0.1) is 0 Å². The number of amides is 2.